The first kappa shape index (κ1) is 17.7. The number of amides is 2. The van der Waals surface area contributed by atoms with Crippen molar-refractivity contribution >= 4 is 17.5 Å². The zero-order valence-electron chi connectivity index (χ0n) is 15.1. The molecule has 4 rings (SSSR count). The molecule has 2 aromatic carbocycles. The minimum absolute atomic E-state index is 0.0299. The molecular formula is C19H18N6O3. The van der Waals surface area contributed by atoms with Crippen molar-refractivity contribution in [2.75, 3.05) is 12.4 Å². The van der Waals surface area contributed by atoms with Crippen LogP contribution in [0.15, 0.2) is 48.5 Å². The predicted octanol–water partition coefficient (Wildman–Crippen LogP) is 1.82. The largest absolute Gasteiger partial charge is 0.497 e. The van der Waals surface area contributed by atoms with Gasteiger partial charge in [-0.1, -0.05) is 6.07 Å². The third-order valence-electron chi connectivity index (χ3n) is 4.22. The summed E-state index contributed by atoms with van der Waals surface area (Å²) in [6.07, 6.45) is 1.98. The summed E-state index contributed by atoms with van der Waals surface area (Å²) in [4.78, 5) is 25.6. The van der Waals surface area contributed by atoms with Gasteiger partial charge in [-0.3, -0.25) is 9.59 Å². The van der Waals surface area contributed by atoms with Gasteiger partial charge in [0.05, 0.1) is 12.8 Å². The minimum Gasteiger partial charge on any atom is -0.497 e. The second-order valence-electron chi connectivity index (χ2n) is 6.38. The van der Waals surface area contributed by atoms with Crippen molar-refractivity contribution in [3.8, 4) is 11.4 Å². The number of anilines is 1. The first-order chi connectivity index (χ1) is 13.6. The van der Waals surface area contributed by atoms with E-state index in [2.05, 4.69) is 26.0 Å². The summed E-state index contributed by atoms with van der Waals surface area (Å²) in [5, 5.41) is 17.4. The third-order valence-corrected chi connectivity index (χ3v) is 4.22. The summed E-state index contributed by atoms with van der Waals surface area (Å²) in [5.41, 5.74) is 1.73. The number of benzene rings is 2. The van der Waals surface area contributed by atoms with Crippen LogP contribution in [0.5, 0.6) is 5.75 Å². The molecule has 0 unspecified atom stereocenters. The number of nitrogens with one attached hydrogen (secondary N) is 2. The Bertz CT molecular complexity index is 1010. The molecule has 1 saturated carbocycles. The van der Waals surface area contributed by atoms with Gasteiger partial charge in [0.15, 0.2) is 0 Å². The number of hydrogen-bond donors (Lipinski definition) is 2. The highest BCUT2D eigenvalue weighted by molar-refractivity contribution is 6.04. The van der Waals surface area contributed by atoms with Gasteiger partial charge >= 0.3 is 0 Å². The number of nitrogens with zero attached hydrogens (tertiary/aromatic N) is 4. The summed E-state index contributed by atoms with van der Waals surface area (Å²) >= 11 is 0. The van der Waals surface area contributed by atoms with E-state index >= 15 is 0 Å². The monoisotopic (exact) mass is 378 g/mol. The maximum absolute atomic E-state index is 12.4. The summed E-state index contributed by atoms with van der Waals surface area (Å²) in [6, 6.07) is 14.0. The smallest absolute Gasteiger partial charge is 0.293 e. The standard InChI is InChI=1S/C19H18N6O3/c1-28-16-4-2-3-12(11-16)18(26)20-14-7-9-15(10-8-14)25-23-17(22-24-25)19(27)21-13-5-6-13/h2-4,7-11,13H,5-6H2,1H3,(H,20,26)(H,21,27). The normalized spacial score (nSPS) is 13.0. The molecule has 1 aromatic heterocycles. The quantitative estimate of drug-likeness (QED) is 0.677. The fourth-order valence-corrected chi connectivity index (χ4v) is 2.54. The van der Waals surface area contributed by atoms with Crippen LogP contribution in [0.1, 0.15) is 33.8 Å². The Morgan fingerprint density at radius 3 is 2.61 bits per heavy atom. The van der Waals surface area contributed by atoms with E-state index in [0.717, 1.165) is 12.8 Å². The number of carbonyl (C=O) groups excluding carboxylic acids is 2. The lowest BCUT2D eigenvalue weighted by atomic mass is 10.2. The SMILES string of the molecule is COc1cccc(C(=O)Nc2ccc(-n3nnc(C(=O)NC4CC4)n3)cc2)c1. The molecule has 0 atom stereocenters. The van der Waals surface area contributed by atoms with Crippen LogP contribution in [0.2, 0.25) is 0 Å². The van der Waals surface area contributed by atoms with Crippen molar-refractivity contribution in [1.82, 2.24) is 25.5 Å². The van der Waals surface area contributed by atoms with Gasteiger partial charge in [0.2, 0.25) is 0 Å². The van der Waals surface area contributed by atoms with E-state index in [-0.39, 0.29) is 23.7 Å². The lowest BCUT2D eigenvalue weighted by Crippen LogP contribution is -2.26. The first-order valence-corrected chi connectivity index (χ1v) is 8.79. The van der Waals surface area contributed by atoms with Crippen LogP contribution >= 0.6 is 0 Å². The minimum atomic E-state index is -0.323. The Morgan fingerprint density at radius 2 is 1.89 bits per heavy atom. The maximum atomic E-state index is 12.4. The molecule has 1 fully saturated rings. The average Bonchev–Trinajstić information content (AvgIpc) is 3.40. The summed E-state index contributed by atoms with van der Waals surface area (Å²) < 4.78 is 5.13. The second-order valence-corrected chi connectivity index (χ2v) is 6.38. The molecule has 0 saturated heterocycles. The highest BCUT2D eigenvalue weighted by atomic mass is 16.5. The third kappa shape index (κ3) is 3.98. The van der Waals surface area contributed by atoms with Gasteiger partial charge in [-0.05, 0) is 60.5 Å². The van der Waals surface area contributed by atoms with Crippen LogP contribution in [0.25, 0.3) is 5.69 Å². The van der Waals surface area contributed by atoms with Gasteiger partial charge in [0.1, 0.15) is 5.75 Å². The lowest BCUT2D eigenvalue weighted by molar-refractivity contribution is 0.0939. The Balaban J connectivity index is 1.43. The molecule has 1 heterocycles. The fourth-order valence-electron chi connectivity index (χ4n) is 2.54. The van der Waals surface area contributed by atoms with Crippen molar-refractivity contribution in [2.45, 2.75) is 18.9 Å². The molecule has 2 amide bonds. The molecule has 142 valence electrons. The molecule has 3 aromatic rings. The van der Waals surface area contributed by atoms with E-state index in [9.17, 15) is 9.59 Å². The summed E-state index contributed by atoms with van der Waals surface area (Å²) in [5.74, 6) is 0.0737. The van der Waals surface area contributed by atoms with Crippen molar-refractivity contribution < 1.29 is 14.3 Å². The molecule has 0 spiro atoms. The topological polar surface area (TPSA) is 111 Å². The van der Waals surface area contributed by atoms with Gasteiger partial charge in [-0.25, -0.2) is 0 Å². The van der Waals surface area contributed by atoms with E-state index in [0.29, 0.717) is 22.7 Å². The Morgan fingerprint density at radius 1 is 1.11 bits per heavy atom. The molecule has 9 nitrogen and oxygen atoms in total. The first-order valence-electron chi connectivity index (χ1n) is 8.79. The molecular weight excluding hydrogens is 360 g/mol. The zero-order chi connectivity index (χ0) is 19.5. The second kappa shape index (κ2) is 7.47. The van der Waals surface area contributed by atoms with Crippen LogP contribution in [0.3, 0.4) is 0 Å². The van der Waals surface area contributed by atoms with Crippen LogP contribution in [0.4, 0.5) is 5.69 Å². The van der Waals surface area contributed by atoms with Gasteiger partial charge in [-0.15, -0.1) is 15.0 Å². The van der Waals surface area contributed by atoms with Gasteiger partial charge in [-0.2, -0.15) is 0 Å². The maximum Gasteiger partial charge on any atom is 0.293 e. The summed E-state index contributed by atoms with van der Waals surface area (Å²) in [7, 11) is 1.55. The van der Waals surface area contributed by atoms with E-state index in [1.165, 1.54) is 4.80 Å². The highest BCUT2D eigenvalue weighted by Gasteiger charge is 2.25. The number of methoxy groups -OCH3 is 1. The lowest BCUT2D eigenvalue weighted by Gasteiger charge is -2.07. The van der Waals surface area contributed by atoms with E-state index < -0.39 is 0 Å². The van der Waals surface area contributed by atoms with E-state index in [1.807, 2.05) is 0 Å². The molecule has 1 aliphatic rings. The van der Waals surface area contributed by atoms with Crippen molar-refractivity contribution in [1.29, 1.82) is 0 Å². The molecule has 0 aliphatic heterocycles. The summed E-state index contributed by atoms with van der Waals surface area (Å²) in [6.45, 7) is 0. The number of carbonyl (C=O) groups is 2. The van der Waals surface area contributed by atoms with Crippen molar-refractivity contribution in [3.05, 3.63) is 59.9 Å². The van der Waals surface area contributed by atoms with Gasteiger partial charge in [0.25, 0.3) is 17.6 Å². The van der Waals surface area contributed by atoms with Crippen molar-refractivity contribution in [2.24, 2.45) is 0 Å². The van der Waals surface area contributed by atoms with Crippen LogP contribution in [-0.2, 0) is 0 Å². The fraction of sp³-hybridized carbons (Fsp3) is 0.211. The van der Waals surface area contributed by atoms with Crippen LogP contribution < -0.4 is 15.4 Å². The number of rotatable bonds is 6. The molecule has 9 heteroatoms. The molecule has 28 heavy (non-hydrogen) atoms. The van der Waals surface area contributed by atoms with Gasteiger partial charge in [0, 0.05) is 17.3 Å². The Labute approximate surface area is 160 Å². The highest BCUT2D eigenvalue weighted by Crippen LogP contribution is 2.19. The molecule has 0 radical (unpaired) electrons. The van der Waals surface area contributed by atoms with Crippen molar-refractivity contribution in [3.63, 3.8) is 0 Å². The zero-order valence-corrected chi connectivity index (χ0v) is 15.1. The number of aromatic nitrogens is 4. The molecule has 0 bridgehead atoms. The predicted molar refractivity (Wildman–Crippen MR) is 101 cm³/mol. The van der Waals surface area contributed by atoms with Crippen LogP contribution in [0, 0.1) is 0 Å². The number of tetrazole rings is 1. The van der Waals surface area contributed by atoms with Crippen LogP contribution in [-0.4, -0.2) is 45.2 Å². The number of ether oxygens (including phenoxy) is 1. The number of hydrogen-bond acceptors (Lipinski definition) is 6. The van der Waals surface area contributed by atoms with Gasteiger partial charge < -0.3 is 15.4 Å². The van der Waals surface area contributed by atoms with E-state index in [1.54, 1.807) is 55.6 Å². The molecule has 2 N–H and O–H groups in total. The average molecular weight is 378 g/mol. The Kier molecular flexibility index (Phi) is 4.71. The molecule has 1 aliphatic carbocycles. The Hall–Kier alpha value is -3.75. The van der Waals surface area contributed by atoms with E-state index in [4.69, 9.17) is 4.74 Å².